The van der Waals surface area contributed by atoms with Gasteiger partial charge in [0.25, 0.3) is 0 Å². The summed E-state index contributed by atoms with van der Waals surface area (Å²) < 4.78 is 27.9. The van der Waals surface area contributed by atoms with E-state index in [4.69, 9.17) is 23.7 Å². The number of benzene rings is 2. The van der Waals surface area contributed by atoms with E-state index in [1.165, 1.54) is 0 Å². The zero-order valence-corrected chi connectivity index (χ0v) is 21.9. The van der Waals surface area contributed by atoms with Gasteiger partial charge in [0.2, 0.25) is 12.1 Å². The number of aliphatic hydroxyl groups is 8. The summed E-state index contributed by atoms with van der Waals surface area (Å²) in [6.45, 7) is -1.56. The fraction of sp³-hybridized carbons (Fsp3) is 0.519. The molecule has 3 heterocycles. The first kappa shape index (κ1) is 30.5. The van der Waals surface area contributed by atoms with Crippen molar-refractivity contribution in [3.63, 3.8) is 0 Å². The minimum atomic E-state index is -1.91. The Kier molecular flexibility index (Phi) is 8.98. The van der Waals surface area contributed by atoms with Gasteiger partial charge in [0.1, 0.15) is 71.6 Å². The molecule has 2 aromatic carbocycles. The number of aromatic hydroxyl groups is 1. The van der Waals surface area contributed by atoms with E-state index < -0.39 is 98.4 Å². The number of aliphatic hydroxyl groups excluding tert-OH is 8. The highest BCUT2D eigenvalue weighted by Gasteiger charge is 2.51. The molecule has 5 rings (SSSR count). The second kappa shape index (κ2) is 12.4. The fourth-order valence-corrected chi connectivity index (χ4v) is 5.16. The zero-order chi connectivity index (χ0) is 30.3. The van der Waals surface area contributed by atoms with Crippen molar-refractivity contribution in [2.75, 3.05) is 13.2 Å². The van der Waals surface area contributed by atoms with Crippen LogP contribution in [0.3, 0.4) is 0 Å². The summed E-state index contributed by atoms with van der Waals surface area (Å²) in [4.78, 5) is 13.2. The van der Waals surface area contributed by atoms with Crippen molar-refractivity contribution < 1.29 is 74.4 Å². The van der Waals surface area contributed by atoms with Crippen LogP contribution in [0.4, 0.5) is 0 Å². The van der Waals surface area contributed by atoms with Gasteiger partial charge in [-0.3, -0.25) is 4.79 Å². The normalized spacial score (nSPS) is 38.4. The topological polar surface area (TPSA) is 245 Å². The van der Waals surface area contributed by atoms with Crippen molar-refractivity contribution in [2.24, 2.45) is 0 Å². The highest BCUT2D eigenvalue weighted by atomic mass is 16.7. The molecule has 15 nitrogen and oxygen atoms in total. The average molecular weight is 597 g/mol. The summed E-state index contributed by atoms with van der Waals surface area (Å²) in [6, 6.07) is 10.6. The van der Waals surface area contributed by atoms with Gasteiger partial charge in [-0.25, -0.2) is 0 Å². The van der Waals surface area contributed by atoms with Gasteiger partial charge in [-0.05, 0) is 5.56 Å². The highest BCUT2D eigenvalue weighted by molar-refractivity contribution is 6.05. The molecule has 0 saturated carbocycles. The molecule has 0 bridgehead atoms. The SMILES string of the molecule is O=C1c2c(O[C@H]3O[C@@H](CO)[C@@H](O[C@H]4O[C@@H](CO)[C@H](O)[C@H](O)[C@@H]4O)[C@@H](O)[C@@H]3O)cc(O)cc2O[C@@H](c2ccccc2)[C@@H]1O. The second-order valence-corrected chi connectivity index (χ2v) is 10.2. The molecule has 0 aromatic heterocycles. The Balaban J connectivity index is 1.36. The fourth-order valence-electron chi connectivity index (χ4n) is 5.16. The first-order chi connectivity index (χ1) is 20.0. The van der Waals surface area contributed by atoms with E-state index >= 15 is 0 Å². The Labute approximate surface area is 238 Å². The summed E-state index contributed by atoms with van der Waals surface area (Å²) in [5, 5.41) is 92.4. The monoisotopic (exact) mass is 596 g/mol. The van der Waals surface area contributed by atoms with Crippen LogP contribution < -0.4 is 9.47 Å². The summed E-state index contributed by atoms with van der Waals surface area (Å²) in [5.74, 6) is -1.69. The number of fused-ring (bicyclic) bond motifs is 1. The third-order valence-corrected chi connectivity index (χ3v) is 7.44. The van der Waals surface area contributed by atoms with Crippen LogP contribution in [0.5, 0.6) is 17.2 Å². The molecule has 9 N–H and O–H groups in total. The Hall–Kier alpha value is -2.93. The van der Waals surface area contributed by atoms with Gasteiger partial charge in [-0.1, -0.05) is 30.3 Å². The Morgan fingerprint density at radius 2 is 1.40 bits per heavy atom. The van der Waals surface area contributed by atoms with E-state index in [0.717, 1.165) is 12.1 Å². The number of Topliss-reactive ketones (excluding diaryl/α,β-unsaturated/α-hetero) is 1. The molecule has 0 amide bonds. The number of phenols is 1. The van der Waals surface area contributed by atoms with E-state index in [9.17, 15) is 50.8 Å². The average Bonchev–Trinajstić information content (AvgIpc) is 2.98. The van der Waals surface area contributed by atoms with Gasteiger partial charge in [0, 0.05) is 12.1 Å². The molecule has 2 aromatic rings. The smallest absolute Gasteiger partial charge is 0.229 e. The molecule has 0 spiro atoms. The quantitative estimate of drug-likeness (QED) is 0.155. The molecule has 2 fully saturated rings. The molecule has 2 saturated heterocycles. The van der Waals surface area contributed by atoms with Crippen molar-refractivity contribution in [3.8, 4) is 17.2 Å². The van der Waals surface area contributed by atoms with Crippen LogP contribution in [0.1, 0.15) is 22.0 Å². The summed E-state index contributed by atoms with van der Waals surface area (Å²) in [5.41, 5.74) is 0.234. The van der Waals surface area contributed by atoms with Gasteiger partial charge in [-0.2, -0.15) is 0 Å². The molecule has 3 aliphatic heterocycles. The van der Waals surface area contributed by atoms with Gasteiger partial charge in [0.15, 0.2) is 18.5 Å². The Morgan fingerprint density at radius 3 is 2.07 bits per heavy atom. The van der Waals surface area contributed by atoms with Crippen molar-refractivity contribution in [2.45, 2.75) is 73.6 Å². The van der Waals surface area contributed by atoms with Crippen LogP contribution in [0.25, 0.3) is 0 Å². The molecular weight excluding hydrogens is 564 g/mol. The lowest BCUT2D eigenvalue weighted by Gasteiger charge is -2.46. The predicted octanol–water partition coefficient (Wildman–Crippen LogP) is -2.93. The lowest BCUT2D eigenvalue weighted by Crippen LogP contribution is -2.65. The Bertz CT molecular complexity index is 1240. The minimum Gasteiger partial charge on any atom is -0.508 e. The van der Waals surface area contributed by atoms with Crippen LogP contribution in [-0.4, -0.2) is 132 Å². The van der Waals surface area contributed by atoms with Gasteiger partial charge in [0.05, 0.1) is 13.2 Å². The predicted molar refractivity (Wildman–Crippen MR) is 135 cm³/mol. The van der Waals surface area contributed by atoms with E-state index in [0.29, 0.717) is 5.56 Å². The lowest BCUT2D eigenvalue weighted by molar-refractivity contribution is -0.352. The van der Waals surface area contributed by atoms with Crippen LogP contribution in [0, 0.1) is 0 Å². The largest absolute Gasteiger partial charge is 0.508 e. The number of hydrogen-bond acceptors (Lipinski definition) is 15. The number of phenolic OH excluding ortho intramolecular Hbond substituents is 1. The van der Waals surface area contributed by atoms with Crippen molar-refractivity contribution in [1.82, 2.24) is 0 Å². The van der Waals surface area contributed by atoms with Crippen LogP contribution >= 0.6 is 0 Å². The molecular formula is C27H32O15. The maximum Gasteiger partial charge on any atom is 0.229 e. The third kappa shape index (κ3) is 5.57. The van der Waals surface area contributed by atoms with Gasteiger partial charge in [-0.15, -0.1) is 0 Å². The van der Waals surface area contributed by atoms with E-state index in [1.807, 2.05) is 0 Å². The van der Waals surface area contributed by atoms with E-state index in [1.54, 1.807) is 30.3 Å². The number of carbonyl (C=O) groups is 1. The Morgan fingerprint density at radius 1 is 0.762 bits per heavy atom. The summed E-state index contributed by atoms with van der Waals surface area (Å²) in [6.07, 6.45) is -19.6. The summed E-state index contributed by atoms with van der Waals surface area (Å²) in [7, 11) is 0. The molecule has 0 aliphatic carbocycles. The van der Waals surface area contributed by atoms with Gasteiger partial charge >= 0.3 is 0 Å². The molecule has 0 radical (unpaired) electrons. The minimum absolute atomic E-state index is 0.123. The standard InChI is InChI=1S/C27H32O15/c28-8-14-17(31)19(33)22(36)27(40-14)42-25-15(9-29)41-26(23(37)21(25)35)39-13-7-11(30)6-12-16(13)18(32)20(34)24(38-12)10-4-2-1-3-5-10/h1-7,14-15,17,19-31,33-37H,8-9H2/t14-,15-,17-,19-,20+,21-,22-,23-,24-,25+,26-,27+/m0/s1. The molecule has 42 heavy (non-hydrogen) atoms. The maximum absolute atomic E-state index is 13.2. The number of rotatable bonds is 7. The second-order valence-electron chi connectivity index (χ2n) is 10.2. The number of ether oxygens (including phenoxy) is 5. The van der Waals surface area contributed by atoms with E-state index in [-0.39, 0.29) is 17.1 Å². The van der Waals surface area contributed by atoms with E-state index in [2.05, 4.69) is 0 Å². The maximum atomic E-state index is 13.2. The first-order valence-electron chi connectivity index (χ1n) is 13.1. The lowest BCUT2D eigenvalue weighted by atomic mass is 9.92. The summed E-state index contributed by atoms with van der Waals surface area (Å²) >= 11 is 0. The zero-order valence-electron chi connectivity index (χ0n) is 21.9. The number of ketones is 1. The number of hydrogen-bond donors (Lipinski definition) is 9. The molecule has 12 atom stereocenters. The highest BCUT2D eigenvalue weighted by Crippen LogP contribution is 2.43. The van der Waals surface area contributed by atoms with Crippen molar-refractivity contribution >= 4 is 5.78 Å². The third-order valence-electron chi connectivity index (χ3n) is 7.44. The molecule has 230 valence electrons. The van der Waals surface area contributed by atoms with Crippen molar-refractivity contribution in [1.29, 1.82) is 0 Å². The molecule has 3 aliphatic rings. The molecule has 15 heteroatoms. The van der Waals surface area contributed by atoms with Crippen LogP contribution in [0.2, 0.25) is 0 Å². The number of carbonyl (C=O) groups excluding carboxylic acids is 1. The van der Waals surface area contributed by atoms with Crippen LogP contribution in [-0.2, 0) is 14.2 Å². The van der Waals surface area contributed by atoms with Crippen molar-refractivity contribution in [3.05, 3.63) is 53.6 Å². The first-order valence-corrected chi connectivity index (χ1v) is 13.1. The molecule has 0 unspecified atom stereocenters. The van der Waals surface area contributed by atoms with Crippen LogP contribution in [0.15, 0.2) is 42.5 Å². The van der Waals surface area contributed by atoms with Gasteiger partial charge < -0.3 is 69.6 Å².